The Labute approximate surface area is 170 Å². The van der Waals surface area contributed by atoms with Crippen molar-refractivity contribution in [1.82, 2.24) is 16.0 Å². The highest BCUT2D eigenvalue weighted by Crippen LogP contribution is 2.16. The number of hydrogen-bond donors (Lipinski definition) is 3. The van der Waals surface area contributed by atoms with Crippen molar-refractivity contribution in [3.05, 3.63) is 29.3 Å². The van der Waals surface area contributed by atoms with Crippen LogP contribution in [0.3, 0.4) is 0 Å². The molecule has 0 spiro atoms. The molecule has 0 saturated carbocycles. The topological polar surface area (TPSA) is 106 Å². The molecule has 0 aromatic heterocycles. The van der Waals surface area contributed by atoms with E-state index in [9.17, 15) is 14.4 Å². The lowest BCUT2D eigenvalue weighted by Gasteiger charge is -2.19. The fraction of sp³-hybridized carbons (Fsp3) is 0.526. The Morgan fingerprint density at radius 3 is 2.21 bits per heavy atom. The number of nitrogens with one attached hydrogen (secondary N) is 3. The van der Waals surface area contributed by atoms with Gasteiger partial charge in [-0.15, -0.1) is 0 Å². The maximum atomic E-state index is 12.0. The van der Waals surface area contributed by atoms with Crippen LogP contribution in [0.4, 0.5) is 4.79 Å². The molecule has 0 saturated heterocycles. The second-order valence-electron chi connectivity index (χ2n) is 7.03. The highest BCUT2D eigenvalue weighted by molar-refractivity contribution is 6.30. The molecule has 156 valence electrons. The van der Waals surface area contributed by atoms with Gasteiger partial charge in [-0.2, -0.15) is 0 Å². The normalized spacial score (nSPS) is 11.9. The summed E-state index contributed by atoms with van der Waals surface area (Å²) in [7, 11) is 0. The van der Waals surface area contributed by atoms with E-state index >= 15 is 0 Å². The number of alkyl carbamates (subject to hydrolysis) is 1. The van der Waals surface area contributed by atoms with Gasteiger partial charge in [0.25, 0.3) is 5.91 Å². The van der Waals surface area contributed by atoms with Crippen molar-refractivity contribution in [1.29, 1.82) is 0 Å². The van der Waals surface area contributed by atoms with Crippen LogP contribution in [0, 0.1) is 0 Å². The van der Waals surface area contributed by atoms with Crippen molar-refractivity contribution in [2.45, 2.75) is 45.8 Å². The van der Waals surface area contributed by atoms with Crippen molar-refractivity contribution < 1.29 is 23.9 Å². The Morgan fingerprint density at radius 1 is 1.00 bits per heavy atom. The number of carbonyl (C=O) groups excluding carboxylic acids is 3. The van der Waals surface area contributed by atoms with Gasteiger partial charge < -0.3 is 25.4 Å². The Balaban J connectivity index is 2.14. The van der Waals surface area contributed by atoms with Crippen molar-refractivity contribution in [2.75, 3.05) is 19.6 Å². The van der Waals surface area contributed by atoms with E-state index in [-0.39, 0.29) is 37.9 Å². The van der Waals surface area contributed by atoms with Gasteiger partial charge in [-0.1, -0.05) is 11.6 Å². The second kappa shape index (κ2) is 11.4. The van der Waals surface area contributed by atoms with E-state index in [4.69, 9.17) is 21.1 Å². The first-order chi connectivity index (χ1) is 13.1. The third kappa shape index (κ3) is 10.6. The van der Waals surface area contributed by atoms with E-state index in [1.807, 2.05) is 0 Å². The van der Waals surface area contributed by atoms with Crippen LogP contribution in [0.5, 0.6) is 5.75 Å². The molecule has 1 atom stereocenters. The van der Waals surface area contributed by atoms with Gasteiger partial charge in [0.2, 0.25) is 5.91 Å². The molecule has 0 radical (unpaired) electrons. The van der Waals surface area contributed by atoms with Gasteiger partial charge in [0.05, 0.1) is 0 Å². The molecular formula is C19H28ClN3O5. The van der Waals surface area contributed by atoms with Crippen LogP contribution in [0.15, 0.2) is 24.3 Å². The van der Waals surface area contributed by atoms with Crippen LogP contribution in [0.1, 0.15) is 34.1 Å². The first-order valence-electron chi connectivity index (χ1n) is 9.00. The Kier molecular flexibility index (Phi) is 9.58. The van der Waals surface area contributed by atoms with Gasteiger partial charge in [0, 0.05) is 31.1 Å². The van der Waals surface area contributed by atoms with Gasteiger partial charge in [0.15, 0.2) is 6.10 Å². The quantitative estimate of drug-likeness (QED) is 0.538. The minimum atomic E-state index is -0.685. The summed E-state index contributed by atoms with van der Waals surface area (Å²) < 4.78 is 10.6. The van der Waals surface area contributed by atoms with Gasteiger partial charge in [-0.3, -0.25) is 9.59 Å². The zero-order chi connectivity index (χ0) is 21.2. The van der Waals surface area contributed by atoms with E-state index in [1.165, 1.54) is 0 Å². The Hall–Kier alpha value is -2.48. The third-order valence-corrected chi connectivity index (χ3v) is 3.51. The van der Waals surface area contributed by atoms with E-state index in [0.29, 0.717) is 10.8 Å². The summed E-state index contributed by atoms with van der Waals surface area (Å²) in [5.74, 6) is 0.00408. The van der Waals surface area contributed by atoms with Gasteiger partial charge in [-0.05, 0) is 52.0 Å². The third-order valence-electron chi connectivity index (χ3n) is 3.26. The minimum Gasteiger partial charge on any atom is -0.481 e. The molecule has 0 heterocycles. The SMILES string of the molecule is CC(Oc1ccc(Cl)cc1)C(=O)NCCNC(=O)CCNC(=O)OC(C)(C)C. The van der Waals surface area contributed by atoms with Crippen molar-refractivity contribution in [2.24, 2.45) is 0 Å². The highest BCUT2D eigenvalue weighted by Gasteiger charge is 2.16. The van der Waals surface area contributed by atoms with Gasteiger partial charge in [-0.25, -0.2) is 4.79 Å². The first-order valence-corrected chi connectivity index (χ1v) is 9.38. The zero-order valence-electron chi connectivity index (χ0n) is 16.6. The zero-order valence-corrected chi connectivity index (χ0v) is 17.4. The summed E-state index contributed by atoms with van der Waals surface area (Å²) >= 11 is 5.80. The van der Waals surface area contributed by atoms with Crippen molar-refractivity contribution in [3.8, 4) is 5.75 Å². The summed E-state index contributed by atoms with van der Waals surface area (Å²) in [6.45, 7) is 7.60. The van der Waals surface area contributed by atoms with Crippen molar-refractivity contribution >= 4 is 29.5 Å². The highest BCUT2D eigenvalue weighted by atomic mass is 35.5. The van der Waals surface area contributed by atoms with E-state index < -0.39 is 17.8 Å². The molecule has 1 rings (SSSR count). The summed E-state index contributed by atoms with van der Waals surface area (Å²) in [6, 6.07) is 6.71. The van der Waals surface area contributed by atoms with E-state index in [2.05, 4.69) is 16.0 Å². The summed E-state index contributed by atoms with van der Waals surface area (Å²) in [6.07, 6.45) is -1.14. The van der Waals surface area contributed by atoms with Crippen LogP contribution in [-0.4, -0.2) is 49.2 Å². The number of halogens is 1. The van der Waals surface area contributed by atoms with Gasteiger partial charge >= 0.3 is 6.09 Å². The predicted molar refractivity (Wildman–Crippen MR) is 106 cm³/mol. The molecule has 28 heavy (non-hydrogen) atoms. The lowest BCUT2D eigenvalue weighted by molar-refractivity contribution is -0.127. The maximum Gasteiger partial charge on any atom is 0.407 e. The van der Waals surface area contributed by atoms with Crippen LogP contribution in [0.2, 0.25) is 5.02 Å². The Bertz CT molecular complexity index is 659. The molecule has 3 amide bonds. The lowest BCUT2D eigenvalue weighted by atomic mass is 10.2. The second-order valence-corrected chi connectivity index (χ2v) is 7.47. The van der Waals surface area contributed by atoms with Crippen LogP contribution >= 0.6 is 11.6 Å². The number of benzene rings is 1. The molecular weight excluding hydrogens is 386 g/mol. The molecule has 1 aromatic carbocycles. The number of carbonyl (C=O) groups is 3. The number of rotatable bonds is 9. The summed E-state index contributed by atoms with van der Waals surface area (Å²) in [4.78, 5) is 35.1. The molecule has 3 N–H and O–H groups in total. The number of amides is 3. The average molecular weight is 414 g/mol. The molecule has 0 fully saturated rings. The molecule has 1 unspecified atom stereocenters. The fourth-order valence-corrected chi connectivity index (χ4v) is 2.11. The fourth-order valence-electron chi connectivity index (χ4n) is 1.98. The monoisotopic (exact) mass is 413 g/mol. The van der Waals surface area contributed by atoms with Crippen LogP contribution < -0.4 is 20.7 Å². The maximum absolute atomic E-state index is 12.0. The Morgan fingerprint density at radius 2 is 1.61 bits per heavy atom. The summed E-state index contributed by atoms with van der Waals surface area (Å²) in [5.41, 5.74) is -0.584. The molecule has 0 aliphatic carbocycles. The average Bonchev–Trinajstić information content (AvgIpc) is 2.58. The van der Waals surface area contributed by atoms with Crippen molar-refractivity contribution in [3.63, 3.8) is 0 Å². The largest absolute Gasteiger partial charge is 0.481 e. The molecule has 0 aliphatic heterocycles. The smallest absolute Gasteiger partial charge is 0.407 e. The van der Waals surface area contributed by atoms with Gasteiger partial charge in [0.1, 0.15) is 11.4 Å². The summed E-state index contributed by atoms with van der Waals surface area (Å²) in [5, 5.41) is 8.42. The molecule has 1 aromatic rings. The molecule has 8 nitrogen and oxygen atoms in total. The molecule has 0 bridgehead atoms. The number of ether oxygens (including phenoxy) is 2. The lowest BCUT2D eigenvalue weighted by Crippen LogP contribution is -2.41. The standard InChI is InChI=1S/C19H28ClN3O5/c1-13(27-15-7-5-14(20)6-8-15)17(25)22-12-11-21-16(24)9-10-23-18(26)28-19(2,3)4/h5-8,13H,9-12H2,1-4H3,(H,21,24)(H,22,25)(H,23,26). The van der Waals surface area contributed by atoms with E-state index in [0.717, 1.165) is 0 Å². The van der Waals surface area contributed by atoms with Crippen LogP contribution in [-0.2, 0) is 14.3 Å². The van der Waals surface area contributed by atoms with Crippen LogP contribution in [0.25, 0.3) is 0 Å². The predicted octanol–water partition coefficient (Wildman–Crippen LogP) is 2.25. The number of hydrogen-bond acceptors (Lipinski definition) is 5. The van der Waals surface area contributed by atoms with E-state index in [1.54, 1.807) is 52.0 Å². The molecule has 9 heteroatoms. The minimum absolute atomic E-state index is 0.114. The first kappa shape index (κ1) is 23.6. The molecule has 0 aliphatic rings.